The van der Waals surface area contributed by atoms with Gasteiger partial charge in [-0.05, 0) is 31.4 Å². The lowest BCUT2D eigenvalue weighted by Crippen LogP contribution is -2.35. The van der Waals surface area contributed by atoms with E-state index < -0.39 is 5.97 Å². The number of carbonyl (C=O) groups is 2. The van der Waals surface area contributed by atoms with E-state index in [1.54, 1.807) is 18.2 Å². The number of rotatable bonds is 10. The van der Waals surface area contributed by atoms with Crippen molar-refractivity contribution in [3.63, 3.8) is 0 Å². The summed E-state index contributed by atoms with van der Waals surface area (Å²) in [5, 5.41) is 2.84. The Morgan fingerprint density at radius 2 is 1.64 bits per heavy atom. The van der Waals surface area contributed by atoms with Crippen molar-refractivity contribution < 1.29 is 23.8 Å². The molecule has 25 heavy (non-hydrogen) atoms. The standard InChI is InChI=1S/C19H29NO5/c1-13(2)8-6-9-14(3)20-17(21)12-25-19(22)18-15(23-4)10-7-11-16(18)24-5/h7,10-11,13-14H,6,8-9,12H2,1-5H3,(H,20,21). The highest BCUT2D eigenvalue weighted by molar-refractivity contribution is 5.96. The fourth-order valence-electron chi connectivity index (χ4n) is 2.48. The molecule has 0 bridgehead atoms. The van der Waals surface area contributed by atoms with Gasteiger partial charge in [0.2, 0.25) is 0 Å². The maximum atomic E-state index is 12.3. The molecule has 0 aliphatic rings. The van der Waals surface area contributed by atoms with Crippen molar-refractivity contribution in [2.45, 2.75) is 46.1 Å². The third-order valence-electron chi connectivity index (χ3n) is 3.79. The second kappa shape index (κ2) is 10.6. The number of methoxy groups -OCH3 is 2. The maximum absolute atomic E-state index is 12.3. The molecule has 0 aromatic heterocycles. The van der Waals surface area contributed by atoms with Gasteiger partial charge in [-0.15, -0.1) is 0 Å². The molecule has 0 spiro atoms. The molecule has 0 aliphatic heterocycles. The minimum absolute atomic E-state index is 0.0470. The monoisotopic (exact) mass is 351 g/mol. The van der Waals surface area contributed by atoms with Crippen molar-refractivity contribution in [2.75, 3.05) is 20.8 Å². The van der Waals surface area contributed by atoms with E-state index in [1.807, 2.05) is 6.92 Å². The molecule has 6 nitrogen and oxygen atoms in total. The molecule has 6 heteroatoms. The summed E-state index contributed by atoms with van der Waals surface area (Å²) in [5.74, 6) is 0.356. The summed E-state index contributed by atoms with van der Waals surface area (Å²) in [5.41, 5.74) is 0.172. The highest BCUT2D eigenvalue weighted by Crippen LogP contribution is 2.28. The Labute approximate surface area is 149 Å². The van der Waals surface area contributed by atoms with Crippen molar-refractivity contribution in [1.29, 1.82) is 0 Å². The van der Waals surface area contributed by atoms with Gasteiger partial charge >= 0.3 is 5.97 Å². The first kappa shape index (κ1) is 20.8. The Balaban J connectivity index is 2.52. The van der Waals surface area contributed by atoms with Crippen molar-refractivity contribution in [1.82, 2.24) is 5.32 Å². The van der Waals surface area contributed by atoms with Gasteiger partial charge in [-0.3, -0.25) is 4.79 Å². The topological polar surface area (TPSA) is 73.9 Å². The number of hydrogen-bond acceptors (Lipinski definition) is 5. The molecule has 1 atom stereocenters. The molecule has 1 rings (SSSR count). The summed E-state index contributed by atoms with van der Waals surface area (Å²) in [4.78, 5) is 24.2. The highest BCUT2D eigenvalue weighted by atomic mass is 16.5. The van der Waals surface area contributed by atoms with Crippen LogP contribution in [-0.2, 0) is 9.53 Å². The Hall–Kier alpha value is -2.24. The van der Waals surface area contributed by atoms with Gasteiger partial charge in [-0.1, -0.05) is 32.8 Å². The fourth-order valence-corrected chi connectivity index (χ4v) is 2.48. The van der Waals surface area contributed by atoms with Gasteiger partial charge in [0, 0.05) is 6.04 Å². The SMILES string of the molecule is COc1cccc(OC)c1C(=O)OCC(=O)NC(C)CCCC(C)C. The Morgan fingerprint density at radius 3 is 2.16 bits per heavy atom. The zero-order chi connectivity index (χ0) is 18.8. The molecule has 0 saturated carbocycles. The molecule has 1 aromatic carbocycles. The van der Waals surface area contributed by atoms with Gasteiger partial charge in [-0.25, -0.2) is 4.79 Å². The number of benzene rings is 1. The number of nitrogens with one attached hydrogen (secondary N) is 1. The fraction of sp³-hybridized carbons (Fsp3) is 0.579. The summed E-state index contributed by atoms with van der Waals surface area (Å²) in [6.07, 6.45) is 3.08. The van der Waals surface area contributed by atoms with Gasteiger partial charge in [0.15, 0.2) is 6.61 Å². The summed E-state index contributed by atoms with van der Waals surface area (Å²) in [6.45, 7) is 5.96. The van der Waals surface area contributed by atoms with Crippen LogP contribution in [0, 0.1) is 5.92 Å². The van der Waals surface area contributed by atoms with Crippen LogP contribution in [0.5, 0.6) is 11.5 Å². The lowest BCUT2D eigenvalue weighted by Gasteiger charge is -2.15. The van der Waals surface area contributed by atoms with Crippen LogP contribution in [0.25, 0.3) is 0 Å². The van der Waals surface area contributed by atoms with Crippen molar-refractivity contribution in [2.24, 2.45) is 5.92 Å². The van der Waals surface area contributed by atoms with Gasteiger partial charge in [0.1, 0.15) is 17.1 Å². The van der Waals surface area contributed by atoms with E-state index in [-0.39, 0.29) is 24.1 Å². The molecular weight excluding hydrogens is 322 g/mol. The summed E-state index contributed by atoms with van der Waals surface area (Å²) in [6, 6.07) is 5.03. The van der Waals surface area contributed by atoms with E-state index >= 15 is 0 Å². The van der Waals surface area contributed by atoms with Crippen LogP contribution in [0.1, 0.15) is 50.4 Å². The molecule has 1 unspecified atom stereocenters. The van der Waals surface area contributed by atoms with Gasteiger partial charge in [0.25, 0.3) is 5.91 Å². The molecule has 1 amide bonds. The largest absolute Gasteiger partial charge is 0.496 e. The quantitative estimate of drug-likeness (QED) is 0.655. The zero-order valence-electron chi connectivity index (χ0n) is 15.8. The number of hydrogen-bond donors (Lipinski definition) is 1. The minimum atomic E-state index is -0.656. The van der Waals surface area contributed by atoms with Gasteiger partial charge < -0.3 is 19.5 Å². The number of ether oxygens (including phenoxy) is 3. The van der Waals surface area contributed by atoms with Crippen LogP contribution in [0.4, 0.5) is 0 Å². The molecule has 1 N–H and O–H groups in total. The third-order valence-corrected chi connectivity index (χ3v) is 3.79. The summed E-state index contributed by atoms with van der Waals surface area (Å²) < 4.78 is 15.4. The predicted molar refractivity (Wildman–Crippen MR) is 96.1 cm³/mol. The van der Waals surface area contributed by atoms with E-state index in [0.717, 1.165) is 19.3 Å². The number of esters is 1. The second-order valence-electron chi connectivity index (χ2n) is 6.41. The number of carbonyl (C=O) groups excluding carboxylic acids is 2. The first-order valence-corrected chi connectivity index (χ1v) is 8.56. The minimum Gasteiger partial charge on any atom is -0.496 e. The molecule has 1 aromatic rings. The lowest BCUT2D eigenvalue weighted by molar-refractivity contribution is -0.124. The predicted octanol–water partition coefficient (Wildman–Crippen LogP) is 3.19. The molecular formula is C19H29NO5. The Morgan fingerprint density at radius 1 is 1.04 bits per heavy atom. The molecule has 0 radical (unpaired) electrons. The normalized spacial score (nSPS) is 11.8. The van der Waals surface area contributed by atoms with E-state index in [0.29, 0.717) is 17.4 Å². The van der Waals surface area contributed by atoms with E-state index in [1.165, 1.54) is 14.2 Å². The molecule has 0 aliphatic carbocycles. The van der Waals surface area contributed by atoms with Crippen LogP contribution in [0.3, 0.4) is 0 Å². The molecule has 0 saturated heterocycles. The van der Waals surface area contributed by atoms with Crippen molar-refractivity contribution in [3.05, 3.63) is 23.8 Å². The van der Waals surface area contributed by atoms with Crippen LogP contribution >= 0.6 is 0 Å². The first-order valence-electron chi connectivity index (χ1n) is 8.56. The maximum Gasteiger partial charge on any atom is 0.346 e. The van der Waals surface area contributed by atoms with Crippen molar-refractivity contribution in [3.8, 4) is 11.5 Å². The molecule has 0 heterocycles. The Bertz CT molecular complexity index is 549. The molecule has 140 valence electrons. The highest BCUT2D eigenvalue weighted by Gasteiger charge is 2.20. The Kier molecular flexibility index (Phi) is 8.81. The van der Waals surface area contributed by atoms with Crippen LogP contribution in [-0.4, -0.2) is 38.7 Å². The third kappa shape index (κ3) is 7.03. The zero-order valence-corrected chi connectivity index (χ0v) is 15.8. The average Bonchev–Trinajstić information content (AvgIpc) is 2.58. The van der Waals surface area contributed by atoms with Gasteiger partial charge in [0.05, 0.1) is 14.2 Å². The van der Waals surface area contributed by atoms with E-state index in [4.69, 9.17) is 14.2 Å². The van der Waals surface area contributed by atoms with E-state index in [2.05, 4.69) is 19.2 Å². The smallest absolute Gasteiger partial charge is 0.346 e. The van der Waals surface area contributed by atoms with Crippen LogP contribution in [0.2, 0.25) is 0 Å². The number of amides is 1. The summed E-state index contributed by atoms with van der Waals surface area (Å²) in [7, 11) is 2.91. The van der Waals surface area contributed by atoms with Crippen LogP contribution < -0.4 is 14.8 Å². The molecule has 0 fully saturated rings. The summed E-state index contributed by atoms with van der Waals surface area (Å²) >= 11 is 0. The van der Waals surface area contributed by atoms with Crippen molar-refractivity contribution >= 4 is 11.9 Å². The second-order valence-corrected chi connectivity index (χ2v) is 6.41. The first-order chi connectivity index (χ1) is 11.9. The lowest BCUT2D eigenvalue weighted by atomic mass is 10.0. The average molecular weight is 351 g/mol. The van der Waals surface area contributed by atoms with E-state index in [9.17, 15) is 9.59 Å². The van der Waals surface area contributed by atoms with Gasteiger partial charge in [-0.2, -0.15) is 0 Å². The van der Waals surface area contributed by atoms with Crippen LogP contribution in [0.15, 0.2) is 18.2 Å².